The Hall–Kier alpha value is -1.30. The number of likely N-dealkylation sites (tertiary alicyclic amines) is 1. The Morgan fingerprint density at radius 2 is 2.17 bits per heavy atom. The lowest BCUT2D eigenvalue weighted by molar-refractivity contribution is -0.141. The Kier molecular flexibility index (Phi) is 5.40. The molecule has 1 aliphatic rings. The van der Waals surface area contributed by atoms with Crippen molar-refractivity contribution in [3.05, 3.63) is 0 Å². The normalized spacial score (nSPS) is 22.6. The van der Waals surface area contributed by atoms with E-state index in [-0.39, 0.29) is 0 Å². The number of rotatable bonds is 5. The molecule has 3 atom stereocenters. The second-order valence-corrected chi connectivity index (χ2v) is 4.90. The number of urea groups is 1. The van der Waals surface area contributed by atoms with Gasteiger partial charge in [-0.1, -0.05) is 13.3 Å². The molecule has 0 saturated carbocycles. The van der Waals surface area contributed by atoms with Crippen molar-refractivity contribution in [1.82, 2.24) is 10.2 Å². The number of aliphatic carboxylic acids is 1. The first-order valence-electron chi connectivity index (χ1n) is 6.42. The molecule has 0 bridgehead atoms. The highest BCUT2D eigenvalue weighted by atomic mass is 16.4. The van der Waals surface area contributed by atoms with Crippen molar-refractivity contribution in [2.75, 3.05) is 13.1 Å². The van der Waals surface area contributed by atoms with Gasteiger partial charge >= 0.3 is 12.0 Å². The van der Waals surface area contributed by atoms with E-state index >= 15 is 0 Å². The Bertz CT molecular complexity index is 306. The van der Waals surface area contributed by atoms with Crippen molar-refractivity contribution in [3.8, 4) is 0 Å². The van der Waals surface area contributed by atoms with Crippen molar-refractivity contribution in [2.45, 2.75) is 45.3 Å². The molecular formula is C12H22N2O4. The van der Waals surface area contributed by atoms with E-state index in [1.807, 2.05) is 0 Å². The number of hydrogen-bond acceptors (Lipinski definition) is 3. The van der Waals surface area contributed by atoms with E-state index in [0.29, 0.717) is 19.0 Å². The van der Waals surface area contributed by atoms with E-state index in [4.69, 9.17) is 5.11 Å². The van der Waals surface area contributed by atoms with Crippen LogP contribution in [0.1, 0.15) is 33.1 Å². The molecule has 1 aliphatic heterocycles. The molecule has 1 saturated heterocycles. The minimum atomic E-state index is -1.25. The smallest absolute Gasteiger partial charge is 0.328 e. The predicted octanol–water partition coefficient (Wildman–Crippen LogP) is 0.652. The van der Waals surface area contributed by atoms with E-state index in [2.05, 4.69) is 12.2 Å². The van der Waals surface area contributed by atoms with Crippen molar-refractivity contribution >= 4 is 12.0 Å². The van der Waals surface area contributed by atoms with Crippen LogP contribution in [-0.4, -0.2) is 52.3 Å². The number of nitrogens with one attached hydrogen (secondary N) is 1. The average molecular weight is 258 g/mol. The fraction of sp³-hybridized carbons (Fsp3) is 0.833. The summed E-state index contributed by atoms with van der Waals surface area (Å²) in [6, 6.07) is -1.65. The summed E-state index contributed by atoms with van der Waals surface area (Å²) in [4.78, 5) is 24.3. The van der Waals surface area contributed by atoms with Gasteiger partial charge in [0.25, 0.3) is 0 Å². The third-order valence-corrected chi connectivity index (χ3v) is 3.30. The molecule has 1 rings (SSSR count). The van der Waals surface area contributed by atoms with Gasteiger partial charge in [0, 0.05) is 13.1 Å². The summed E-state index contributed by atoms with van der Waals surface area (Å²) >= 11 is 0. The summed E-state index contributed by atoms with van der Waals surface area (Å²) in [6.45, 7) is 4.79. The lowest BCUT2D eigenvalue weighted by Gasteiger charge is -2.22. The topological polar surface area (TPSA) is 89.9 Å². The molecule has 18 heavy (non-hydrogen) atoms. The number of carboxylic acid groups (broad SMARTS) is 1. The second-order valence-electron chi connectivity index (χ2n) is 4.90. The number of carbonyl (C=O) groups excluding carboxylic acids is 1. The van der Waals surface area contributed by atoms with Gasteiger partial charge in [0.2, 0.25) is 0 Å². The number of carbonyl (C=O) groups is 2. The van der Waals surface area contributed by atoms with Gasteiger partial charge in [-0.3, -0.25) is 0 Å². The number of hydrogen-bond donors (Lipinski definition) is 3. The van der Waals surface area contributed by atoms with E-state index in [1.54, 1.807) is 4.90 Å². The van der Waals surface area contributed by atoms with Crippen LogP contribution in [0.4, 0.5) is 4.79 Å². The van der Waals surface area contributed by atoms with Gasteiger partial charge in [0.15, 0.2) is 6.04 Å². The minimum Gasteiger partial charge on any atom is -0.480 e. The summed E-state index contributed by atoms with van der Waals surface area (Å²) in [7, 11) is 0. The van der Waals surface area contributed by atoms with E-state index in [1.165, 1.54) is 6.92 Å². The van der Waals surface area contributed by atoms with Crippen molar-refractivity contribution in [3.63, 3.8) is 0 Å². The first kappa shape index (κ1) is 14.8. The molecule has 1 fully saturated rings. The second kappa shape index (κ2) is 6.58. The highest BCUT2D eigenvalue weighted by molar-refractivity contribution is 5.83. The number of amides is 2. The standard InChI is InChI=1S/C12H22N2O4/c1-3-4-9-5-6-14(7-9)12(18)13-10(8(2)15)11(16)17/h8-10,15H,3-7H2,1-2H3,(H,13,18)(H,16,17). The first-order chi connectivity index (χ1) is 8.45. The highest BCUT2D eigenvalue weighted by Gasteiger charge is 2.30. The van der Waals surface area contributed by atoms with Gasteiger partial charge in [-0.15, -0.1) is 0 Å². The lowest BCUT2D eigenvalue weighted by atomic mass is 10.0. The SMILES string of the molecule is CCCC1CCN(C(=O)NC(C(=O)O)C(C)O)C1. The maximum Gasteiger partial charge on any atom is 0.328 e. The molecule has 0 radical (unpaired) electrons. The van der Waals surface area contributed by atoms with Crippen LogP contribution in [-0.2, 0) is 4.79 Å². The zero-order valence-corrected chi connectivity index (χ0v) is 10.9. The molecule has 104 valence electrons. The quantitative estimate of drug-likeness (QED) is 0.675. The molecule has 1 heterocycles. The van der Waals surface area contributed by atoms with Crippen LogP contribution >= 0.6 is 0 Å². The number of aliphatic hydroxyl groups is 1. The van der Waals surface area contributed by atoms with Crippen LogP contribution in [0.2, 0.25) is 0 Å². The molecule has 6 heteroatoms. The Balaban J connectivity index is 2.48. The largest absolute Gasteiger partial charge is 0.480 e. The van der Waals surface area contributed by atoms with Crippen molar-refractivity contribution in [2.24, 2.45) is 5.92 Å². The molecule has 0 aromatic carbocycles. The third kappa shape index (κ3) is 3.87. The monoisotopic (exact) mass is 258 g/mol. The molecule has 3 N–H and O–H groups in total. The fourth-order valence-electron chi connectivity index (χ4n) is 2.27. The van der Waals surface area contributed by atoms with Gasteiger partial charge in [-0.05, 0) is 25.7 Å². The van der Waals surface area contributed by atoms with Gasteiger partial charge < -0.3 is 20.4 Å². The van der Waals surface area contributed by atoms with Crippen LogP contribution in [0, 0.1) is 5.92 Å². The van der Waals surface area contributed by atoms with Gasteiger partial charge in [0.1, 0.15) is 0 Å². The third-order valence-electron chi connectivity index (χ3n) is 3.30. The predicted molar refractivity (Wildman–Crippen MR) is 66.2 cm³/mol. The van der Waals surface area contributed by atoms with Crippen LogP contribution in [0.15, 0.2) is 0 Å². The van der Waals surface area contributed by atoms with Gasteiger partial charge in [0.05, 0.1) is 6.10 Å². The zero-order valence-electron chi connectivity index (χ0n) is 10.9. The van der Waals surface area contributed by atoms with E-state index in [9.17, 15) is 14.7 Å². The molecule has 0 aromatic heterocycles. The van der Waals surface area contributed by atoms with Crippen LogP contribution in [0.5, 0.6) is 0 Å². The molecule has 0 aliphatic carbocycles. The summed E-state index contributed by atoms with van der Waals surface area (Å²) in [6.07, 6.45) is 2.03. The zero-order chi connectivity index (χ0) is 13.7. The van der Waals surface area contributed by atoms with E-state index < -0.39 is 24.1 Å². The van der Waals surface area contributed by atoms with Crippen molar-refractivity contribution in [1.29, 1.82) is 0 Å². The Morgan fingerprint density at radius 3 is 2.67 bits per heavy atom. The maximum atomic E-state index is 11.9. The van der Waals surface area contributed by atoms with E-state index in [0.717, 1.165) is 19.3 Å². The average Bonchev–Trinajstić information content (AvgIpc) is 2.73. The molecule has 0 spiro atoms. The number of nitrogens with zero attached hydrogens (tertiary/aromatic N) is 1. The number of carboxylic acids is 1. The minimum absolute atomic E-state index is 0.401. The van der Waals surface area contributed by atoms with Crippen LogP contribution < -0.4 is 5.32 Å². The molecular weight excluding hydrogens is 236 g/mol. The Labute approximate surface area is 107 Å². The summed E-state index contributed by atoms with van der Waals surface area (Å²) < 4.78 is 0. The Morgan fingerprint density at radius 1 is 1.50 bits per heavy atom. The number of aliphatic hydroxyl groups excluding tert-OH is 1. The highest BCUT2D eigenvalue weighted by Crippen LogP contribution is 2.20. The van der Waals surface area contributed by atoms with Crippen LogP contribution in [0.3, 0.4) is 0 Å². The van der Waals surface area contributed by atoms with Gasteiger partial charge in [-0.25, -0.2) is 9.59 Å². The summed E-state index contributed by atoms with van der Waals surface area (Å²) in [5.41, 5.74) is 0. The summed E-state index contributed by atoms with van der Waals surface area (Å²) in [5.74, 6) is -0.710. The van der Waals surface area contributed by atoms with Crippen LogP contribution in [0.25, 0.3) is 0 Å². The van der Waals surface area contributed by atoms with Crippen molar-refractivity contribution < 1.29 is 19.8 Å². The molecule has 3 unspecified atom stereocenters. The maximum absolute atomic E-state index is 11.9. The molecule has 6 nitrogen and oxygen atoms in total. The molecule has 0 aromatic rings. The lowest BCUT2D eigenvalue weighted by Crippen LogP contribution is -2.51. The first-order valence-corrected chi connectivity index (χ1v) is 6.42. The van der Waals surface area contributed by atoms with Gasteiger partial charge in [-0.2, -0.15) is 0 Å². The fourth-order valence-corrected chi connectivity index (χ4v) is 2.27. The summed E-state index contributed by atoms with van der Waals surface area (Å²) in [5, 5.41) is 20.5. The molecule has 2 amide bonds.